The molecule has 3 amide bonds. The molecule has 5 N–H and O–H groups in total. The summed E-state index contributed by atoms with van der Waals surface area (Å²) in [5.41, 5.74) is 0.763. The lowest BCUT2D eigenvalue weighted by Crippen LogP contribution is -2.62. The highest BCUT2D eigenvalue weighted by atomic mass is 16.5. The van der Waals surface area contributed by atoms with E-state index < -0.39 is 59.9 Å². The smallest absolute Gasteiger partial charge is 0.312 e. The molecule has 1 aliphatic heterocycles. The summed E-state index contributed by atoms with van der Waals surface area (Å²) < 4.78 is 5.56. The molecular formula is C29H37N3O7. The van der Waals surface area contributed by atoms with Crippen LogP contribution in [0.25, 0.3) is 0 Å². The minimum absolute atomic E-state index is 0.00248. The lowest BCUT2D eigenvalue weighted by atomic mass is 9.92. The summed E-state index contributed by atoms with van der Waals surface area (Å²) in [5.74, 6) is -4.10. The van der Waals surface area contributed by atoms with E-state index in [0.29, 0.717) is 0 Å². The van der Waals surface area contributed by atoms with Crippen LogP contribution in [0.2, 0.25) is 0 Å². The standard InChI is InChI=1S/C29H37N3O7/c1-16(2)14-23-27(36)30-18(4)24(32-26(35)20-12-8-9-13-22(20)33)28(37)31-21(15-19-10-6-5-7-11-19)25(34)17(3)29(38)39-23/h5-13,16-18,21,23-25,33-34H,14-15H2,1-4H3,(H,30,36)(H,31,37)(H,32,35). The number of phenolic OH excluding ortho intramolecular Hbond substituents is 1. The Morgan fingerprint density at radius 3 is 2.26 bits per heavy atom. The molecule has 0 aliphatic carbocycles. The normalized spacial score (nSPS) is 26.5. The van der Waals surface area contributed by atoms with Crippen molar-refractivity contribution in [2.45, 2.75) is 70.9 Å². The van der Waals surface area contributed by atoms with Crippen LogP contribution in [0.1, 0.15) is 50.0 Å². The van der Waals surface area contributed by atoms with Crippen molar-refractivity contribution in [2.75, 3.05) is 0 Å². The van der Waals surface area contributed by atoms with Gasteiger partial charge in [0.15, 0.2) is 6.10 Å². The maximum absolute atomic E-state index is 13.6. The number of hydrogen-bond acceptors (Lipinski definition) is 7. The van der Waals surface area contributed by atoms with Crippen molar-refractivity contribution in [1.82, 2.24) is 16.0 Å². The fraction of sp³-hybridized carbons (Fsp3) is 0.448. The van der Waals surface area contributed by atoms with Gasteiger partial charge in [-0.3, -0.25) is 19.2 Å². The second-order valence-corrected chi connectivity index (χ2v) is 10.4. The Hall–Kier alpha value is -3.92. The third-order valence-electron chi connectivity index (χ3n) is 6.75. The number of amides is 3. The van der Waals surface area contributed by atoms with Crippen LogP contribution in [0.15, 0.2) is 54.6 Å². The van der Waals surface area contributed by atoms with Crippen LogP contribution in [0, 0.1) is 11.8 Å². The predicted octanol–water partition coefficient (Wildman–Crippen LogP) is 1.69. The van der Waals surface area contributed by atoms with Crippen molar-refractivity contribution < 1.29 is 34.1 Å². The van der Waals surface area contributed by atoms with Crippen LogP contribution in [0.4, 0.5) is 0 Å². The second kappa shape index (κ2) is 13.2. The quantitative estimate of drug-likeness (QED) is 0.350. The average Bonchev–Trinajstić information content (AvgIpc) is 2.89. The topological polar surface area (TPSA) is 154 Å². The first-order chi connectivity index (χ1) is 18.5. The SMILES string of the molecule is CC(C)CC1OC(=O)C(C)C(O)C(Cc2ccccc2)NC(=O)C(NC(=O)c2ccccc2O)C(C)NC1=O. The molecule has 6 unspecified atom stereocenters. The summed E-state index contributed by atoms with van der Waals surface area (Å²) in [4.78, 5) is 52.8. The van der Waals surface area contributed by atoms with E-state index in [4.69, 9.17) is 4.74 Å². The highest BCUT2D eigenvalue weighted by Gasteiger charge is 2.39. The van der Waals surface area contributed by atoms with Gasteiger partial charge in [-0.2, -0.15) is 0 Å². The number of aliphatic hydroxyl groups is 1. The Balaban J connectivity index is 1.99. The number of para-hydroxylation sites is 1. The summed E-state index contributed by atoms with van der Waals surface area (Å²) in [6.45, 7) is 6.77. The fourth-order valence-corrected chi connectivity index (χ4v) is 4.47. The Bertz CT molecular complexity index is 1170. The number of benzene rings is 2. The molecule has 1 saturated heterocycles. The summed E-state index contributed by atoms with van der Waals surface area (Å²) >= 11 is 0. The van der Waals surface area contributed by atoms with Gasteiger partial charge in [-0.15, -0.1) is 0 Å². The summed E-state index contributed by atoms with van der Waals surface area (Å²) in [6, 6.07) is 11.9. The molecule has 0 saturated carbocycles. The van der Waals surface area contributed by atoms with Crippen LogP contribution >= 0.6 is 0 Å². The minimum Gasteiger partial charge on any atom is -0.507 e. The van der Waals surface area contributed by atoms with E-state index in [0.717, 1.165) is 5.56 Å². The maximum atomic E-state index is 13.6. The Kier molecular flexibility index (Phi) is 10.1. The van der Waals surface area contributed by atoms with Gasteiger partial charge in [-0.05, 0) is 50.3 Å². The lowest BCUT2D eigenvalue weighted by Gasteiger charge is -2.33. The molecule has 39 heavy (non-hydrogen) atoms. The van der Waals surface area contributed by atoms with Crippen LogP contribution in [0.3, 0.4) is 0 Å². The number of ether oxygens (including phenoxy) is 1. The molecule has 1 aliphatic rings. The number of carbonyl (C=O) groups is 4. The number of nitrogens with one attached hydrogen (secondary N) is 3. The van der Waals surface area contributed by atoms with E-state index in [-0.39, 0.29) is 30.1 Å². The molecule has 0 bridgehead atoms. The molecule has 2 aromatic carbocycles. The molecule has 210 valence electrons. The zero-order valence-electron chi connectivity index (χ0n) is 22.6. The number of hydrogen-bond donors (Lipinski definition) is 5. The van der Waals surface area contributed by atoms with Crippen molar-refractivity contribution in [3.05, 3.63) is 65.7 Å². The minimum atomic E-state index is -1.35. The predicted molar refractivity (Wildman–Crippen MR) is 144 cm³/mol. The van der Waals surface area contributed by atoms with Gasteiger partial charge in [0, 0.05) is 0 Å². The van der Waals surface area contributed by atoms with Crippen molar-refractivity contribution in [2.24, 2.45) is 11.8 Å². The number of carbonyl (C=O) groups excluding carboxylic acids is 4. The third kappa shape index (κ3) is 7.79. The lowest BCUT2D eigenvalue weighted by molar-refractivity contribution is -0.164. The number of aliphatic hydroxyl groups excluding tert-OH is 1. The summed E-state index contributed by atoms with van der Waals surface area (Å²) in [5, 5.41) is 29.4. The summed E-state index contributed by atoms with van der Waals surface area (Å²) in [6.07, 6.45) is -2.09. The molecule has 1 heterocycles. The molecule has 3 rings (SSSR count). The van der Waals surface area contributed by atoms with Crippen LogP contribution in [-0.4, -0.2) is 64.2 Å². The van der Waals surface area contributed by atoms with E-state index in [2.05, 4.69) is 16.0 Å². The fourth-order valence-electron chi connectivity index (χ4n) is 4.47. The van der Waals surface area contributed by atoms with E-state index in [1.165, 1.54) is 19.1 Å². The molecule has 2 aromatic rings. The molecular weight excluding hydrogens is 502 g/mol. The molecule has 10 nitrogen and oxygen atoms in total. The number of rotatable bonds is 6. The highest BCUT2D eigenvalue weighted by molar-refractivity contribution is 6.00. The van der Waals surface area contributed by atoms with Crippen LogP contribution in [0.5, 0.6) is 5.75 Å². The largest absolute Gasteiger partial charge is 0.507 e. The Morgan fingerprint density at radius 1 is 0.974 bits per heavy atom. The van der Waals surface area contributed by atoms with Crippen LogP contribution in [-0.2, 0) is 25.5 Å². The molecule has 1 fully saturated rings. The third-order valence-corrected chi connectivity index (χ3v) is 6.75. The van der Waals surface area contributed by atoms with E-state index in [1.807, 2.05) is 44.2 Å². The molecule has 6 atom stereocenters. The van der Waals surface area contributed by atoms with Gasteiger partial charge in [0.1, 0.15) is 11.8 Å². The van der Waals surface area contributed by atoms with Gasteiger partial charge in [-0.1, -0.05) is 56.3 Å². The monoisotopic (exact) mass is 539 g/mol. The van der Waals surface area contributed by atoms with Crippen molar-refractivity contribution in [3.63, 3.8) is 0 Å². The van der Waals surface area contributed by atoms with Gasteiger partial charge in [0.2, 0.25) is 5.91 Å². The van der Waals surface area contributed by atoms with Gasteiger partial charge in [0.05, 0.1) is 29.7 Å². The van der Waals surface area contributed by atoms with Gasteiger partial charge < -0.3 is 30.9 Å². The average molecular weight is 540 g/mol. The van der Waals surface area contributed by atoms with Crippen molar-refractivity contribution in [1.29, 1.82) is 0 Å². The molecule has 0 spiro atoms. The molecule has 0 radical (unpaired) electrons. The highest BCUT2D eigenvalue weighted by Crippen LogP contribution is 2.20. The number of esters is 1. The molecule has 0 aromatic heterocycles. The number of phenols is 1. The number of cyclic esters (lactones) is 1. The molecule has 10 heteroatoms. The second-order valence-electron chi connectivity index (χ2n) is 10.4. The first-order valence-corrected chi connectivity index (χ1v) is 13.1. The van der Waals surface area contributed by atoms with Crippen LogP contribution < -0.4 is 16.0 Å². The van der Waals surface area contributed by atoms with Crippen molar-refractivity contribution in [3.8, 4) is 5.75 Å². The number of aromatic hydroxyl groups is 1. The van der Waals surface area contributed by atoms with E-state index in [9.17, 15) is 29.4 Å². The summed E-state index contributed by atoms with van der Waals surface area (Å²) in [7, 11) is 0. The van der Waals surface area contributed by atoms with Gasteiger partial charge in [-0.25, -0.2) is 0 Å². The Labute approximate surface area is 228 Å². The van der Waals surface area contributed by atoms with E-state index in [1.54, 1.807) is 19.1 Å². The first kappa shape index (κ1) is 29.6. The zero-order valence-corrected chi connectivity index (χ0v) is 22.6. The van der Waals surface area contributed by atoms with Gasteiger partial charge >= 0.3 is 5.97 Å². The first-order valence-electron chi connectivity index (χ1n) is 13.1. The maximum Gasteiger partial charge on any atom is 0.312 e. The zero-order chi connectivity index (χ0) is 28.7. The van der Waals surface area contributed by atoms with Gasteiger partial charge in [0.25, 0.3) is 11.8 Å². The van der Waals surface area contributed by atoms with Crippen molar-refractivity contribution >= 4 is 23.7 Å². The van der Waals surface area contributed by atoms with E-state index >= 15 is 0 Å². The Morgan fingerprint density at radius 2 is 1.62 bits per heavy atom.